The van der Waals surface area contributed by atoms with Crippen LogP contribution in [0.25, 0.3) is 21.4 Å². The first-order chi connectivity index (χ1) is 23.5. The fourth-order valence-electron chi connectivity index (χ4n) is 4.61. The molecule has 0 saturated heterocycles. The number of benzene rings is 2. The number of halogens is 6. The van der Waals surface area contributed by atoms with E-state index in [-0.39, 0.29) is 23.0 Å². The van der Waals surface area contributed by atoms with Gasteiger partial charge >= 0.3 is 12.4 Å². The molecule has 0 aliphatic heterocycles. The van der Waals surface area contributed by atoms with Gasteiger partial charge in [0, 0.05) is 24.0 Å². The molecule has 2 aromatic carbocycles. The lowest BCUT2D eigenvalue weighted by atomic mass is 10.0. The van der Waals surface area contributed by atoms with Crippen molar-refractivity contribution in [2.75, 3.05) is 0 Å². The molecule has 0 amide bonds. The molecular weight excluding hydrogens is 707 g/mol. The number of rotatable bonds is 6. The number of nitrogens with zero attached hydrogens (tertiary/aromatic N) is 6. The molecular formula is C32H26F6N8O2S2. The third kappa shape index (κ3) is 8.73. The molecule has 50 heavy (non-hydrogen) atoms. The molecule has 10 nitrogen and oxygen atoms in total. The number of hydrogen-bond acceptors (Lipinski definition) is 10. The van der Waals surface area contributed by atoms with Gasteiger partial charge < -0.3 is 9.97 Å². The van der Waals surface area contributed by atoms with Crippen LogP contribution in [0.3, 0.4) is 0 Å². The smallest absolute Gasteiger partial charge is 0.311 e. The van der Waals surface area contributed by atoms with Crippen LogP contribution in [-0.2, 0) is 12.4 Å². The van der Waals surface area contributed by atoms with Crippen LogP contribution in [0, 0.1) is 13.8 Å². The molecule has 6 aromatic rings. The second-order valence-electron chi connectivity index (χ2n) is 11.0. The summed E-state index contributed by atoms with van der Waals surface area (Å²) >= 11 is 2.51. The fourth-order valence-corrected chi connectivity index (χ4v) is 6.38. The molecule has 0 aliphatic rings. The van der Waals surface area contributed by atoms with Gasteiger partial charge in [-0.25, -0.2) is 9.97 Å². The number of aromatic amines is 2. The number of hydrogen-bond donors (Lipinski definition) is 2. The molecule has 0 spiro atoms. The van der Waals surface area contributed by atoms with E-state index < -0.39 is 23.5 Å². The van der Waals surface area contributed by atoms with Gasteiger partial charge in [-0.3, -0.25) is 9.59 Å². The van der Waals surface area contributed by atoms with Crippen LogP contribution in [-0.4, -0.2) is 40.3 Å². The van der Waals surface area contributed by atoms with Gasteiger partial charge in [-0.2, -0.15) is 26.3 Å². The molecule has 2 N–H and O–H groups in total. The molecule has 2 atom stereocenters. The van der Waals surface area contributed by atoms with E-state index in [2.05, 4.69) is 40.3 Å². The number of aryl methyl sites for hydroxylation is 2. The molecule has 6 rings (SSSR count). The topological polar surface area (TPSA) is 143 Å². The molecule has 18 heteroatoms. The van der Waals surface area contributed by atoms with E-state index in [1.165, 1.54) is 59.1 Å². The van der Waals surface area contributed by atoms with Gasteiger partial charge in [0.25, 0.3) is 11.1 Å². The summed E-state index contributed by atoms with van der Waals surface area (Å²) in [4.78, 5) is 36.6. The molecule has 0 saturated carbocycles. The first kappa shape index (κ1) is 36.2. The predicted molar refractivity (Wildman–Crippen MR) is 175 cm³/mol. The van der Waals surface area contributed by atoms with Crippen molar-refractivity contribution in [2.24, 2.45) is 0 Å². The zero-order chi connectivity index (χ0) is 36.4. The Morgan fingerprint density at radius 3 is 1.22 bits per heavy atom. The van der Waals surface area contributed by atoms with Crippen molar-refractivity contribution in [1.29, 1.82) is 0 Å². The minimum atomic E-state index is -4.36. The number of nitrogens with one attached hydrogen (secondary N) is 2. The lowest BCUT2D eigenvalue weighted by Gasteiger charge is -2.10. The van der Waals surface area contributed by atoms with Crippen LogP contribution >= 0.6 is 22.7 Å². The average molecular weight is 733 g/mol. The molecule has 0 unspecified atom stereocenters. The van der Waals surface area contributed by atoms with Crippen molar-refractivity contribution in [3.05, 3.63) is 125 Å². The summed E-state index contributed by atoms with van der Waals surface area (Å²) in [5.74, 6) is 0.485. The minimum absolute atomic E-state index is 0.225. The number of alkyl halides is 6. The van der Waals surface area contributed by atoms with Gasteiger partial charge in [-0.05, 0) is 49.2 Å². The average Bonchev–Trinajstić information content (AvgIpc) is 3.74. The van der Waals surface area contributed by atoms with Crippen molar-refractivity contribution in [1.82, 2.24) is 40.3 Å². The minimum Gasteiger partial charge on any atom is -0.311 e. The van der Waals surface area contributed by atoms with Gasteiger partial charge in [0.05, 0.1) is 11.1 Å². The van der Waals surface area contributed by atoms with Gasteiger partial charge in [0.15, 0.2) is 10.0 Å². The second-order valence-corrected chi connectivity index (χ2v) is 13.0. The Labute approximate surface area is 287 Å². The fraction of sp³-hybridized carbons (Fsp3) is 0.250. The maximum absolute atomic E-state index is 12.6. The highest BCUT2D eigenvalue weighted by Gasteiger charge is 2.31. The van der Waals surface area contributed by atoms with E-state index in [4.69, 9.17) is 0 Å². The van der Waals surface area contributed by atoms with Crippen LogP contribution in [0.1, 0.15) is 69.6 Å². The molecule has 4 aromatic heterocycles. The first-order valence-corrected chi connectivity index (χ1v) is 16.3. The Balaban J connectivity index is 0.000000194. The van der Waals surface area contributed by atoms with Crippen LogP contribution in [0.2, 0.25) is 0 Å². The maximum Gasteiger partial charge on any atom is 0.416 e. The SMILES string of the molecule is Cc1nc(-c2nnc([C@@H](C)c3ccc(C(F)(F)F)cc3)s2)cc(=O)[nH]1.Cc1nc(-c2nnc([C@H](C)c3ccc(C(F)(F)F)cc3)s2)cc(=O)[nH]1. The lowest BCUT2D eigenvalue weighted by molar-refractivity contribution is -0.138. The zero-order valence-corrected chi connectivity index (χ0v) is 28.1. The van der Waals surface area contributed by atoms with Crippen molar-refractivity contribution in [3.8, 4) is 21.4 Å². The van der Waals surface area contributed by atoms with E-state index >= 15 is 0 Å². The Bertz CT molecular complexity index is 2050. The summed E-state index contributed by atoms with van der Waals surface area (Å²) in [6, 6.07) is 12.6. The normalized spacial score (nSPS) is 13.0. The molecule has 4 heterocycles. The van der Waals surface area contributed by atoms with Crippen LogP contribution in [0.15, 0.2) is 70.3 Å². The molecule has 260 valence electrons. The third-order valence-electron chi connectivity index (χ3n) is 7.26. The molecule has 0 fully saturated rings. The van der Waals surface area contributed by atoms with Crippen LogP contribution in [0.5, 0.6) is 0 Å². The largest absolute Gasteiger partial charge is 0.416 e. The highest BCUT2D eigenvalue weighted by molar-refractivity contribution is 7.15. The van der Waals surface area contributed by atoms with E-state index in [0.29, 0.717) is 54.2 Å². The predicted octanol–water partition coefficient (Wildman–Crippen LogP) is 7.53. The Hall–Kier alpha value is -5.10. The van der Waals surface area contributed by atoms with Gasteiger partial charge in [0.2, 0.25) is 0 Å². The standard InChI is InChI=1S/2C16H13F3N4OS/c2*1-8(10-3-5-11(6-4-10)16(17,18)19)14-22-23-15(25-14)12-7-13(24)21-9(2)20-12/h2*3-8H,1-2H3,(H,20,21,24)/t2*8-/m10/s1. The number of H-pyrrole nitrogens is 2. The second kappa shape index (κ2) is 14.4. The highest BCUT2D eigenvalue weighted by Crippen LogP contribution is 2.35. The van der Waals surface area contributed by atoms with Crippen molar-refractivity contribution < 1.29 is 26.3 Å². The van der Waals surface area contributed by atoms with Crippen LogP contribution < -0.4 is 11.1 Å². The van der Waals surface area contributed by atoms with Gasteiger partial charge in [-0.1, -0.05) is 60.8 Å². The Morgan fingerprint density at radius 1 is 0.580 bits per heavy atom. The molecule has 0 aliphatic carbocycles. The summed E-state index contributed by atoms with van der Waals surface area (Å²) in [6.45, 7) is 7.00. The van der Waals surface area contributed by atoms with E-state index in [9.17, 15) is 35.9 Å². The first-order valence-electron chi connectivity index (χ1n) is 14.7. The van der Waals surface area contributed by atoms with Crippen molar-refractivity contribution in [2.45, 2.75) is 51.9 Å². The summed E-state index contributed by atoms with van der Waals surface area (Å²) in [5, 5.41) is 18.5. The summed E-state index contributed by atoms with van der Waals surface area (Å²) < 4.78 is 75.9. The Morgan fingerprint density at radius 2 is 0.920 bits per heavy atom. The highest BCUT2D eigenvalue weighted by atomic mass is 32.1. The molecule has 0 radical (unpaired) electrons. The number of aromatic nitrogens is 8. The van der Waals surface area contributed by atoms with E-state index in [1.807, 2.05) is 13.8 Å². The summed E-state index contributed by atoms with van der Waals surface area (Å²) in [7, 11) is 0. The third-order valence-corrected chi connectivity index (χ3v) is 9.51. The Kier molecular flexibility index (Phi) is 10.4. The lowest BCUT2D eigenvalue weighted by Crippen LogP contribution is -2.08. The zero-order valence-electron chi connectivity index (χ0n) is 26.5. The van der Waals surface area contributed by atoms with E-state index in [1.54, 1.807) is 13.8 Å². The summed E-state index contributed by atoms with van der Waals surface area (Å²) in [5.41, 5.74) is 0.296. The monoisotopic (exact) mass is 732 g/mol. The summed E-state index contributed by atoms with van der Waals surface area (Å²) in [6.07, 6.45) is -8.72. The van der Waals surface area contributed by atoms with Gasteiger partial charge in [0.1, 0.15) is 33.1 Å². The van der Waals surface area contributed by atoms with Crippen LogP contribution in [0.4, 0.5) is 26.3 Å². The quantitative estimate of drug-likeness (QED) is 0.167. The van der Waals surface area contributed by atoms with Crippen molar-refractivity contribution >= 4 is 22.7 Å². The van der Waals surface area contributed by atoms with Crippen molar-refractivity contribution in [3.63, 3.8) is 0 Å². The van der Waals surface area contributed by atoms with Gasteiger partial charge in [-0.15, -0.1) is 20.4 Å². The molecule has 0 bridgehead atoms. The maximum atomic E-state index is 12.6. The van der Waals surface area contributed by atoms with E-state index in [0.717, 1.165) is 24.3 Å².